The van der Waals surface area contributed by atoms with E-state index in [1.54, 1.807) is 18.2 Å². The first kappa shape index (κ1) is 15.2. The summed E-state index contributed by atoms with van der Waals surface area (Å²) in [4.78, 5) is 4.07. The minimum absolute atomic E-state index is 0.165. The SMILES string of the molecule is OC[C@@H]1O[C@H](O)[C@@H](N=Cc2ccc3c(c2)OCO3)[C@@H](O)[C@H]1O. The Hall–Kier alpha value is -1.71. The summed E-state index contributed by atoms with van der Waals surface area (Å²) in [5, 5.41) is 38.6. The van der Waals surface area contributed by atoms with E-state index < -0.39 is 37.3 Å². The van der Waals surface area contributed by atoms with Crippen LogP contribution in [0, 0.1) is 0 Å². The molecule has 22 heavy (non-hydrogen) atoms. The topological polar surface area (TPSA) is 121 Å². The predicted molar refractivity (Wildman–Crippen MR) is 73.9 cm³/mol. The lowest BCUT2D eigenvalue weighted by Gasteiger charge is -2.38. The molecule has 2 heterocycles. The van der Waals surface area contributed by atoms with Crippen LogP contribution in [0.4, 0.5) is 0 Å². The summed E-state index contributed by atoms with van der Waals surface area (Å²) in [5.41, 5.74) is 0.683. The van der Waals surface area contributed by atoms with Gasteiger partial charge in [0.05, 0.1) is 6.61 Å². The van der Waals surface area contributed by atoms with Crippen LogP contribution in [-0.4, -0.2) is 70.7 Å². The van der Waals surface area contributed by atoms with E-state index >= 15 is 0 Å². The number of hydrogen-bond donors (Lipinski definition) is 4. The number of fused-ring (bicyclic) bond motifs is 1. The second-order valence-corrected chi connectivity index (χ2v) is 5.11. The molecule has 1 saturated heterocycles. The lowest BCUT2D eigenvalue weighted by Crippen LogP contribution is -2.57. The van der Waals surface area contributed by atoms with E-state index in [0.717, 1.165) is 0 Å². The molecule has 0 saturated carbocycles. The van der Waals surface area contributed by atoms with Gasteiger partial charge in [0.25, 0.3) is 0 Å². The highest BCUT2D eigenvalue weighted by atomic mass is 16.7. The van der Waals surface area contributed by atoms with Crippen molar-refractivity contribution in [2.75, 3.05) is 13.4 Å². The number of aliphatic imine (C=N–C) groups is 1. The van der Waals surface area contributed by atoms with Crippen molar-refractivity contribution in [3.63, 3.8) is 0 Å². The quantitative estimate of drug-likeness (QED) is 0.508. The van der Waals surface area contributed by atoms with E-state index in [2.05, 4.69) is 4.99 Å². The van der Waals surface area contributed by atoms with Crippen molar-refractivity contribution < 1.29 is 34.6 Å². The monoisotopic (exact) mass is 311 g/mol. The van der Waals surface area contributed by atoms with E-state index in [9.17, 15) is 15.3 Å². The average Bonchev–Trinajstić information content (AvgIpc) is 2.98. The molecule has 1 aromatic rings. The second-order valence-electron chi connectivity index (χ2n) is 5.11. The van der Waals surface area contributed by atoms with Gasteiger partial charge in [-0.25, -0.2) is 0 Å². The van der Waals surface area contributed by atoms with Crippen molar-refractivity contribution in [2.45, 2.75) is 30.6 Å². The molecule has 3 rings (SSSR count). The van der Waals surface area contributed by atoms with Gasteiger partial charge in [-0.1, -0.05) is 0 Å². The van der Waals surface area contributed by atoms with Crippen LogP contribution < -0.4 is 9.47 Å². The molecule has 0 amide bonds. The first-order valence-electron chi connectivity index (χ1n) is 6.83. The zero-order chi connectivity index (χ0) is 15.7. The summed E-state index contributed by atoms with van der Waals surface area (Å²) in [5.74, 6) is 1.23. The number of benzene rings is 1. The van der Waals surface area contributed by atoms with E-state index in [0.29, 0.717) is 17.1 Å². The molecule has 0 aromatic heterocycles. The largest absolute Gasteiger partial charge is 0.454 e. The molecule has 1 fully saturated rings. The third-order valence-corrected chi connectivity index (χ3v) is 3.66. The number of rotatable bonds is 3. The van der Waals surface area contributed by atoms with Gasteiger partial charge in [0, 0.05) is 6.21 Å². The molecule has 8 heteroatoms. The molecule has 0 spiro atoms. The minimum atomic E-state index is -1.42. The van der Waals surface area contributed by atoms with Crippen LogP contribution in [0.25, 0.3) is 0 Å². The van der Waals surface area contributed by atoms with E-state index in [1.807, 2.05) is 0 Å². The Kier molecular flexibility index (Phi) is 4.27. The third-order valence-electron chi connectivity index (χ3n) is 3.66. The lowest BCUT2D eigenvalue weighted by molar-refractivity contribution is -0.248. The predicted octanol–water partition coefficient (Wildman–Crippen LogP) is -1.37. The van der Waals surface area contributed by atoms with Crippen LogP contribution in [-0.2, 0) is 4.74 Å². The highest BCUT2D eigenvalue weighted by Crippen LogP contribution is 2.32. The molecule has 8 nitrogen and oxygen atoms in total. The summed E-state index contributed by atoms with van der Waals surface area (Å²) in [7, 11) is 0. The summed E-state index contributed by atoms with van der Waals surface area (Å²) in [6, 6.07) is 4.13. The van der Waals surface area contributed by atoms with Gasteiger partial charge in [0.2, 0.25) is 6.79 Å². The maximum absolute atomic E-state index is 9.98. The molecule has 0 radical (unpaired) electrons. The van der Waals surface area contributed by atoms with Crippen LogP contribution >= 0.6 is 0 Å². The van der Waals surface area contributed by atoms with Crippen molar-refractivity contribution in [3.05, 3.63) is 23.8 Å². The van der Waals surface area contributed by atoms with E-state index in [-0.39, 0.29) is 6.79 Å². The van der Waals surface area contributed by atoms with Crippen molar-refractivity contribution >= 4 is 6.21 Å². The number of aliphatic hydroxyl groups excluding tert-OH is 4. The Morgan fingerprint density at radius 1 is 1.14 bits per heavy atom. The number of aliphatic hydroxyl groups is 4. The van der Waals surface area contributed by atoms with Crippen molar-refractivity contribution in [3.8, 4) is 11.5 Å². The van der Waals surface area contributed by atoms with E-state index in [1.165, 1.54) is 6.21 Å². The molecule has 2 aliphatic heterocycles. The fourth-order valence-corrected chi connectivity index (χ4v) is 2.41. The molecule has 0 bridgehead atoms. The summed E-state index contributed by atoms with van der Waals surface area (Å²) >= 11 is 0. The summed E-state index contributed by atoms with van der Waals surface area (Å²) in [6.07, 6.45) is -3.68. The Morgan fingerprint density at radius 3 is 2.68 bits per heavy atom. The molecule has 0 aliphatic carbocycles. The third kappa shape index (κ3) is 2.79. The zero-order valence-corrected chi connectivity index (χ0v) is 11.6. The number of ether oxygens (including phenoxy) is 3. The second kappa shape index (κ2) is 6.19. The normalized spacial score (nSPS) is 34.3. The van der Waals surface area contributed by atoms with Crippen molar-refractivity contribution in [1.29, 1.82) is 0 Å². The summed E-state index contributed by atoms with van der Waals surface area (Å²) < 4.78 is 15.5. The molecular formula is C14H17NO7. The van der Waals surface area contributed by atoms with Crippen LogP contribution in [0.1, 0.15) is 5.56 Å². The highest BCUT2D eigenvalue weighted by molar-refractivity contribution is 5.81. The van der Waals surface area contributed by atoms with Gasteiger partial charge in [0.1, 0.15) is 24.4 Å². The van der Waals surface area contributed by atoms with Gasteiger partial charge in [-0.15, -0.1) is 0 Å². The Bertz CT molecular complexity index is 564. The highest BCUT2D eigenvalue weighted by Gasteiger charge is 2.43. The minimum Gasteiger partial charge on any atom is -0.454 e. The van der Waals surface area contributed by atoms with Crippen molar-refractivity contribution in [1.82, 2.24) is 0 Å². The summed E-state index contributed by atoms with van der Waals surface area (Å²) in [6.45, 7) is -0.341. The van der Waals surface area contributed by atoms with Crippen LogP contribution in [0.3, 0.4) is 0 Å². The number of nitrogens with zero attached hydrogens (tertiary/aromatic N) is 1. The Balaban J connectivity index is 1.74. The average molecular weight is 311 g/mol. The fraction of sp³-hybridized carbons (Fsp3) is 0.500. The van der Waals surface area contributed by atoms with Crippen LogP contribution in [0.5, 0.6) is 11.5 Å². The first-order valence-corrected chi connectivity index (χ1v) is 6.83. The molecule has 2 aliphatic rings. The van der Waals surface area contributed by atoms with Gasteiger partial charge < -0.3 is 34.6 Å². The smallest absolute Gasteiger partial charge is 0.231 e. The fourth-order valence-electron chi connectivity index (χ4n) is 2.41. The lowest BCUT2D eigenvalue weighted by atomic mass is 9.97. The standard InChI is InChI=1S/C14H17NO7/c16-5-10-12(17)13(18)11(14(19)22-10)15-4-7-1-2-8-9(3-7)21-6-20-8/h1-4,10-14,16-19H,5-6H2/t10-,11-,12-,13+,14-/m0/s1. The van der Waals surface area contributed by atoms with Crippen molar-refractivity contribution in [2.24, 2.45) is 4.99 Å². The number of hydrogen-bond acceptors (Lipinski definition) is 8. The molecule has 1 aromatic carbocycles. The van der Waals surface area contributed by atoms with Gasteiger partial charge in [-0.05, 0) is 23.8 Å². The molecule has 0 unspecified atom stereocenters. The first-order chi connectivity index (χ1) is 10.6. The molecule has 120 valence electrons. The Labute approximate surface area is 126 Å². The van der Waals surface area contributed by atoms with Crippen LogP contribution in [0.2, 0.25) is 0 Å². The molecule has 4 N–H and O–H groups in total. The maximum Gasteiger partial charge on any atom is 0.231 e. The van der Waals surface area contributed by atoms with Crippen LogP contribution in [0.15, 0.2) is 23.2 Å². The van der Waals surface area contributed by atoms with Gasteiger partial charge in [-0.3, -0.25) is 4.99 Å². The zero-order valence-electron chi connectivity index (χ0n) is 11.6. The van der Waals surface area contributed by atoms with Gasteiger partial charge in [-0.2, -0.15) is 0 Å². The molecular weight excluding hydrogens is 294 g/mol. The van der Waals surface area contributed by atoms with Gasteiger partial charge in [0.15, 0.2) is 17.8 Å². The Morgan fingerprint density at radius 2 is 1.91 bits per heavy atom. The maximum atomic E-state index is 9.98. The van der Waals surface area contributed by atoms with Gasteiger partial charge >= 0.3 is 0 Å². The molecule has 5 atom stereocenters. The van der Waals surface area contributed by atoms with E-state index in [4.69, 9.17) is 19.3 Å².